The van der Waals surface area contributed by atoms with E-state index in [0.717, 1.165) is 11.3 Å². The molecule has 0 saturated carbocycles. The van der Waals surface area contributed by atoms with Crippen LogP contribution in [0.5, 0.6) is 5.75 Å². The predicted molar refractivity (Wildman–Crippen MR) is 116 cm³/mol. The van der Waals surface area contributed by atoms with Gasteiger partial charge >= 0.3 is 0 Å². The number of aromatic nitrogens is 2. The number of fused-ring (bicyclic) bond motifs is 1. The lowest BCUT2D eigenvalue weighted by molar-refractivity contribution is -0.384. The zero-order chi connectivity index (χ0) is 21.1. The second kappa shape index (κ2) is 8.00. The Kier molecular flexibility index (Phi) is 5.09. The summed E-state index contributed by atoms with van der Waals surface area (Å²) < 4.78 is 6.90. The Morgan fingerprint density at radius 2 is 1.67 bits per heavy atom. The first-order chi connectivity index (χ1) is 14.6. The summed E-state index contributed by atoms with van der Waals surface area (Å²) in [4.78, 5) is 23.2. The van der Waals surface area contributed by atoms with Crippen molar-refractivity contribution in [2.24, 2.45) is 0 Å². The van der Waals surface area contributed by atoms with Gasteiger partial charge in [0.1, 0.15) is 11.3 Å². The molecule has 1 aromatic heterocycles. The van der Waals surface area contributed by atoms with Gasteiger partial charge in [-0.25, -0.2) is 4.68 Å². The van der Waals surface area contributed by atoms with Crippen LogP contribution in [-0.2, 0) is 0 Å². The number of methoxy groups -OCH3 is 1. The fraction of sp³-hybridized carbons (Fsp3) is 0.0435. The number of nitrogens with zero attached hydrogens (tertiary/aromatic N) is 3. The summed E-state index contributed by atoms with van der Waals surface area (Å²) in [6.07, 6.45) is 3.69. The average molecular weight is 399 g/mol. The molecule has 4 aromatic rings. The van der Waals surface area contributed by atoms with Gasteiger partial charge in [0.25, 0.3) is 5.69 Å². The van der Waals surface area contributed by atoms with Gasteiger partial charge in [0.05, 0.1) is 23.4 Å². The van der Waals surface area contributed by atoms with Gasteiger partial charge in [0.15, 0.2) is 0 Å². The maximum absolute atomic E-state index is 12.7. The minimum atomic E-state index is -0.467. The van der Waals surface area contributed by atoms with Crippen molar-refractivity contribution >= 4 is 28.7 Å². The van der Waals surface area contributed by atoms with Crippen LogP contribution in [0.15, 0.2) is 77.6 Å². The molecule has 0 saturated heterocycles. The van der Waals surface area contributed by atoms with Gasteiger partial charge in [-0.3, -0.25) is 14.9 Å². The normalized spacial score (nSPS) is 11.1. The number of rotatable bonds is 5. The van der Waals surface area contributed by atoms with Gasteiger partial charge in [0, 0.05) is 23.1 Å². The van der Waals surface area contributed by atoms with Crippen LogP contribution in [0.2, 0.25) is 0 Å². The van der Waals surface area contributed by atoms with Crippen molar-refractivity contribution in [3.8, 4) is 11.4 Å². The molecule has 0 bridgehead atoms. The molecule has 0 aliphatic heterocycles. The summed E-state index contributed by atoms with van der Waals surface area (Å²) in [6, 6.07) is 20.3. The zero-order valence-corrected chi connectivity index (χ0v) is 16.1. The minimum Gasteiger partial charge on any atom is -0.496 e. The minimum absolute atomic E-state index is 0.0283. The van der Waals surface area contributed by atoms with Crippen LogP contribution in [0.1, 0.15) is 11.3 Å². The molecule has 3 aromatic carbocycles. The van der Waals surface area contributed by atoms with Crippen LogP contribution < -0.4 is 10.2 Å². The quantitative estimate of drug-likeness (QED) is 0.365. The molecule has 148 valence electrons. The van der Waals surface area contributed by atoms with Crippen molar-refractivity contribution in [1.29, 1.82) is 0 Å². The molecule has 0 aliphatic carbocycles. The van der Waals surface area contributed by atoms with Gasteiger partial charge in [-0.05, 0) is 36.4 Å². The van der Waals surface area contributed by atoms with E-state index in [-0.39, 0.29) is 11.1 Å². The Morgan fingerprint density at radius 1 is 0.967 bits per heavy atom. The number of nitro groups is 1. The number of nitro benzene ring substituents is 1. The van der Waals surface area contributed by atoms with Crippen LogP contribution >= 0.6 is 0 Å². The molecule has 0 spiro atoms. The number of para-hydroxylation sites is 1. The maximum Gasteiger partial charge on any atom is 0.269 e. The van der Waals surface area contributed by atoms with Gasteiger partial charge in [-0.1, -0.05) is 36.4 Å². The highest BCUT2D eigenvalue weighted by Gasteiger charge is 2.13. The van der Waals surface area contributed by atoms with Crippen molar-refractivity contribution in [3.63, 3.8) is 0 Å². The van der Waals surface area contributed by atoms with E-state index in [1.54, 1.807) is 31.4 Å². The molecule has 0 N–H and O–H groups in total. The largest absolute Gasteiger partial charge is 0.496 e. The monoisotopic (exact) mass is 399 g/mol. The number of hydrogen-bond donors (Lipinski definition) is 0. The highest BCUT2D eigenvalue weighted by atomic mass is 16.6. The van der Waals surface area contributed by atoms with E-state index in [9.17, 15) is 14.9 Å². The van der Waals surface area contributed by atoms with Crippen LogP contribution in [0.4, 0.5) is 5.69 Å². The number of ether oxygens (including phenoxy) is 1. The van der Waals surface area contributed by atoms with Crippen LogP contribution in [-0.4, -0.2) is 21.8 Å². The fourth-order valence-corrected chi connectivity index (χ4v) is 3.22. The molecular formula is C23H17N3O4. The third-order valence-electron chi connectivity index (χ3n) is 4.67. The van der Waals surface area contributed by atoms with Crippen molar-refractivity contribution in [1.82, 2.24) is 9.78 Å². The van der Waals surface area contributed by atoms with Crippen LogP contribution in [0, 0.1) is 10.1 Å². The predicted octanol–water partition coefficient (Wildman–Crippen LogP) is 4.47. The maximum atomic E-state index is 12.7. The second-order valence-corrected chi connectivity index (χ2v) is 6.49. The lowest BCUT2D eigenvalue weighted by Gasteiger charge is -2.03. The van der Waals surface area contributed by atoms with E-state index in [4.69, 9.17) is 4.74 Å². The number of non-ortho nitro benzene ring substituents is 1. The molecule has 4 rings (SSSR count). The summed E-state index contributed by atoms with van der Waals surface area (Å²) in [7, 11) is 1.61. The summed E-state index contributed by atoms with van der Waals surface area (Å²) >= 11 is 0. The van der Waals surface area contributed by atoms with E-state index < -0.39 is 4.92 Å². The Bertz CT molecular complexity index is 1320. The van der Waals surface area contributed by atoms with Crippen molar-refractivity contribution in [3.05, 3.63) is 104 Å². The standard InChI is InChI=1S/C23H17N3O4/c1-30-22-9-5-2-6-16(22)10-15-20-19-7-3-4-8-21(27)23(19)25(24-20)17-11-13-18(14-12-17)26(28)29/h2-15H,1H3/b15-10+. The first-order valence-electron chi connectivity index (χ1n) is 9.16. The Hall–Kier alpha value is -4.26. The lowest BCUT2D eigenvalue weighted by atomic mass is 10.1. The Labute approximate surface area is 171 Å². The van der Waals surface area contributed by atoms with Crippen molar-refractivity contribution in [2.75, 3.05) is 7.11 Å². The van der Waals surface area contributed by atoms with Gasteiger partial charge in [-0.15, -0.1) is 0 Å². The molecule has 7 heteroatoms. The third kappa shape index (κ3) is 3.56. The fourth-order valence-electron chi connectivity index (χ4n) is 3.22. The van der Waals surface area contributed by atoms with Gasteiger partial charge in [0.2, 0.25) is 5.43 Å². The highest BCUT2D eigenvalue weighted by Crippen LogP contribution is 2.24. The molecule has 0 atom stereocenters. The Morgan fingerprint density at radius 3 is 2.40 bits per heavy atom. The van der Waals surface area contributed by atoms with E-state index in [0.29, 0.717) is 22.3 Å². The van der Waals surface area contributed by atoms with E-state index in [1.165, 1.54) is 22.9 Å². The topological polar surface area (TPSA) is 87.3 Å². The van der Waals surface area contributed by atoms with Crippen molar-refractivity contribution in [2.45, 2.75) is 0 Å². The van der Waals surface area contributed by atoms with E-state index >= 15 is 0 Å². The molecule has 1 heterocycles. The van der Waals surface area contributed by atoms with Gasteiger partial charge in [-0.2, -0.15) is 5.10 Å². The first-order valence-corrected chi connectivity index (χ1v) is 9.16. The second-order valence-electron chi connectivity index (χ2n) is 6.49. The van der Waals surface area contributed by atoms with Crippen LogP contribution in [0.3, 0.4) is 0 Å². The third-order valence-corrected chi connectivity index (χ3v) is 4.67. The highest BCUT2D eigenvalue weighted by molar-refractivity contribution is 5.90. The average Bonchev–Trinajstić information content (AvgIpc) is 3.02. The molecule has 7 nitrogen and oxygen atoms in total. The van der Waals surface area contributed by atoms with Crippen LogP contribution in [0.25, 0.3) is 28.7 Å². The SMILES string of the molecule is COc1ccccc1/C=C/c1nn(-c2ccc([N+](=O)[O-])cc2)c2c(=O)ccccc12. The summed E-state index contributed by atoms with van der Waals surface area (Å²) in [6.45, 7) is 0. The van der Waals surface area contributed by atoms with Gasteiger partial charge < -0.3 is 4.74 Å². The smallest absolute Gasteiger partial charge is 0.269 e. The van der Waals surface area contributed by atoms with Crippen molar-refractivity contribution < 1.29 is 9.66 Å². The summed E-state index contributed by atoms with van der Waals surface area (Å²) in [5.41, 5.74) is 2.21. The number of benzene rings is 2. The summed E-state index contributed by atoms with van der Waals surface area (Å²) in [5, 5.41) is 16.2. The molecular weight excluding hydrogens is 382 g/mol. The Balaban J connectivity index is 1.89. The molecule has 0 amide bonds. The zero-order valence-electron chi connectivity index (χ0n) is 16.1. The summed E-state index contributed by atoms with van der Waals surface area (Å²) in [5.74, 6) is 0.725. The van der Waals surface area contributed by atoms with E-state index in [2.05, 4.69) is 5.10 Å². The number of hydrogen-bond acceptors (Lipinski definition) is 5. The lowest BCUT2D eigenvalue weighted by Crippen LogP contribution is -2.05. The van der Waals surface area contributed by atoms with E-state index in [1.807, 2.05) is 42.5 Å². The first kappa shape index (κ1) is 19.1. The molecule has 30 heavy (non-hydrogen) atoms. The molecule has 0 radical (unpaired) electrons. The molecule has 0 unspecified atom stereocenters. The molecule has 0 fully saturated rings. The molecule has 0 aliphatic rings.